The number of aliphatic hydroxyl groups is 1. The lowest BCUT2D eigenvalue weighted by Crippen LogP contribution is -2.45. The van der Waals surface area contributed by atoms with Crippen LogP contribution in [0.5, 0.6) is 5.75 Å². The number of halogens is 1. The molecule has 0 fully saturated rings. The van der Waals surface area contributed by atoms with Gasteiger partial charge in [-0.1, -0.05) is 17.7 Å². The second-order valence-corrected chi connectivity index (χ2v) is 11.7. The zero-order valence-electron chi connectivity index (χ0n) is 23.9. The van der Waals surface area contributed by atoms with Crippen molar-refractivity contribution in [3.8, 4) is 5.75 Å². The molecule has 11 nitrogen and oxygen atoms in total. The predicted octanol–water partition coefficient (Wildman–Crippen LogP) is 5.87. The van der Waals surface area contributed by atoms with Crippen LogP contribution in [0, 0.1) is 5.92 Å². The lowest BCUT2D eigenvalue weighted by Gasteiger charge is -2.29. The molecule has 12 heteroatoms. The van der Waals surface area contributed by atoms with Crippen molar-refractivity contribution in [2.75, 3.05) is 5.32 Å². The van der Waals surface area contributed by atoms with E-state index in [0.717, 1.165) is 0 Å². The van der Waals surface area contributed by atoms with Gasteiger partial charge in [0.2, 0.25) is 0 Å². The third-order valence-electron chi connectivity index (χ3n) is 5.37. The number of nitrogens with one attached hydrogen (secondary N) is 2. The first kappa shape index (κ1) is 32.6. The minimum absolute atomic E-state index is 0.00471. The number of aromatic nitrogens is 1. The van der Waals surface area contributed by atoms with Crippen LogP contribution in [0.1, 0.15) is 78.9 Å². The summed E-state index contributed by atoms with van der Waals surface area (Å²) >= 11 is 6.50. The molecule has 2 rings (SSSR count). The zero-order chi connectivity index (χ0) is 30.4. The molecule has 0 aliphatic heterocycles. The van der Waals surface area contributed by atoms with E-state index < -0.39 is 53.5 Å². The van der Waals surface area contributed by atoms with Crippen molar-refractivity contribution in [1.82, 2.24) is 10.3 Å². The van der Waals surface area contributed by atoms with E-state index in [1.807, 2.05) is 0 Å². The van der Waals surface area contributed by atoms with E-state index in [0.29, 0.717) is 5.69 Å². The number of anilines is 1. The zero-order valence-corrected chi connectivity index (χ0v) is 24.7. The average Bonchev–Trinajstić information content (AvgIpc) is 2.78. The van der Waals surface area contributed by atoms with Crippen LogP contribution < -0.4 is 15.4 Å². The third-order valence-corrected chi connectivity index (χ3v) is 5.67. The van der Waals surface area contributed by atoms with E-state index in [4.69, 9.17) is 25.8 Å². The monoisotopic (exact) mass is 579 g/mol. The summed E-state index contributed by atoms with van der Waals surface area (Å²) in [6.07, 6.45) is -2.35. The van der Waals surface area contributed by atoms with Crippen molar-refractivity contribution in [3.63, 3.8) is 0 Å². The molecule has 0 bridgehead atoms. The lowest BCUT2D eigenvalue weighted by atomic mass is 9.89. The van der Waals surface area contributed by atoms with E-state index in [9.17, 15) is 24.6 Å². The summed E-state index contributed by atoms with van der Waals surface area (Å²) in [7, 11) is 0. The summed E-state index contributed by atoms with van der Waals surface area (Å²) in [4.78, 5) is 41.5. The van der Waals surface area contributed by atoms with Gasteiger partial charge in [0.1, 0.15) is 29.0 Å². The van der Waals surface area contributed by atoms with Gasteiger partial charge in [0.25, 0.3) is 0 Å². The van der Waals surface area contributed by atoms with Crippen LogP contribution in [0.4, 0.5) is 15.3 Å². The molecule has 0 saturated heterocycles. The van der Waals surface area contributed by atoms with Crippen molar-refractivity contribution in [2.24, 2.45) is 5.92 Å². The molecule has 4 atom stereocenters. The fourth-order valence-corrected chi connectivity index (χ4v) is 3.91. The molecule has 0 saturated carbocycles. The van der Waals surface area contributed by atoms with Gasteiger partial charge in [-0.2, -0.15) is 0 Å². The Morgan fingerprint density at radius 2 is 1.57 bits per heavy atom. The number of hydrogen-bond acceptors (Lipinski definition) is 8. The molecule has 0 aliphatic rings. The summed E-state index contributed by atoms with van der Waals surface area (Å²) in [5, 5.41) is 26.3. The van der Waals surface area contributed by atoms with Crippen LogP contribution in [-0.4, -0.2) is 50.6 Å². The number of aliphatic carboxylic acids is 1. The maximum Gasteiger partial charge on any atom is 0.412 e. The highest BCUT2D eigenvalue weighted by molar-refractivity contribution is 6.32. The quantitative estimate of drug-likeness (QED) is 0.285. The summed E-state index contributed by atoms with van der Waals surface area (Å²) < 4.78 is 16.5. The number of pyridine rings is 1. The van der Waals surface area contributed by atoms with Crippen molar-refractivity contribution < 1.29 is 38.8 Å². The molecule has 220 valence electrons. The second kappa shape index (κ2) is 13.2. The van der Waals surface area contributed by atoms with Gasteiger partial charge >= 0.3 is 18.2 Å². The predicted molar refractivity (Wildman–Crippen MR) is 150 cm³/mol. The first-order chi connectivity index (χ1) is 18.4. The van der Waals surface area contributed by atoms with E-state index in [1.54, 1.807) is 72.9 Å². The number of carbonyl (C=O) groups excluding carboxylic acids is 2. The van der Waals surface area contributed by atoms with Crippen LogP contribution in [0.2, 0.25) is 5.02 Å². The van der Waals surface area contributed by atoms with Crippen LogP contribution in [0.3, 0.4) is 0 Å². The molecule has 40 heavy (non-hydrogen) atoms. The standard InChI is InChI=1S/C28H38ClN3O8/c1-15(31-25(36)39-27(3,4)5)22(24(34)35)23(33)17-13-18(29)21(38-16(2)19-11-9-10-12-30-19)14-20(17)32-26(37)40-28(6,7)8/h9-16,22-23,33H,1-8H3,(H,31,36)(H,32,37)(H,34,35). The Hall–Kier alpha value is -3.57. The van der Waals surface area contributed by atoms with Crippen molar-refractivity contribution in [2.45, 2.75) is 84.8 Å². The van der Waals surface area contributed by atoms with Gasteiger partial charge in [0.05, 0.1) is 22.5 Å². The largest absolute Gasteiger partial charge is 0.483 e. The summed E-state index contributed by atoms with van der Waals surface area (Å²) in [5.74, 6) is -2.81. The molecule has 0 aliphatic carbocycles. The van der Waals surface area contributed by atoms with Gasteiger partial charge in [0, 0.05) is 23.9 Å². The Kier molecular flexibility index (Phi) is 10.8. The first-order valence-corrected chi connectivity index (χ1v) is 13.1. The Morgan fingerprint density at radius 3 is 2.10 bits per heavy atom. The number of benzene rings is 1. The van der Waals surface area contributed by atoms with Crippen molar-refractivity contribution in [1.29, 1.82) is 0 Å². The van der Waals surface area contributed by atoms with Crippen molar-refractivity contribution in [3.05, 3.63) is 52.8 Å². The van der Waals surface area contributed by atoms with E-state index in [2.05, 4.69) is 15.6 Å². The molecule has 1 aromatic carbocycles. The molecular weight excluding hydrogens is 542 g/mol. The molecule has 1 heterocycles. The molecule has 0 spiro atoms. The van der Waals surface area contributed by atoms with Gasteiger partial charge < -0.3 is 29.7 Å². The average molecular weight is 580 g/mol. The molecule has 4 unspecified atom stereocenters. The minimum Gasteiger partial charge on any atom is -0.483 e. The number of ether oxygens (including phenoxy) is 3. The highest BCUT2D eigenvalue weighted by atomic mass is 35.5. The minimum atomic E-state index is -1.73. The van der Waals surface area contributed by atoms with Gasteiger partial charge in [-0.25, -0.2) is 9.59 Å². The highest BCUT2D eigenvalue weighted by Crippen LogP contribution is 2.39. The Bertz CT molecular complexity index is 1190. The maximum atomic E-state index is 12.7. The topological polar surface area (TPSA) is 156 Å². The smallest absolute Gasteiger partial charge is 0.412 e. The normalized spacial score (nSPS) is 14.8. The third kappa shape index (κ3) is 9.87. The van der Waals surface area contributed by atoms with Gasteiger partial charge in [0.15, 0.2) is 0 Å². The first-order valence-electron chi connectivity index (χ1n) is 12.7. The van der Waals surface area contributed by atoms with Crippen LogP contribution >= 0.6 is 11.6 Å². The number of rotatable bonds is 9. The molecule has 4 N–H and O–H groups in total. The van der Waals surface area contributed by atoms with E-state index >= 15 is 0 Å². The number of amides is 2. The number of aliphatic hydroxyl groups excluding tert-OH is 1. The van der Waals surface area contributed by atoms with E-state index in [1.165, 1.54) is 19.1 Å². The number of carboxylic acids is 1. The van der Waals surface area contributed by atoms with Gasteiger partial charge in [-0.3, -0.25) is 15.1 Å². The fourth-order valence-electron chi connectivity index (χ4n) is 3.69. The number of alkyl carbamates (subject to hydrolysis) is 1. The number of nitrogens with zero attached hydrogens (tertiary/aromatic N) is 1. The Labute approximate surface area is 239 Å². The molecular formula is C28H38ClN3O8. The molecule has 1 aromatic heterocycles. The highest BCUT2D eigenvalue weighted by Gasteiger charge is 2.37. The van der Waals surface area contributed by atoms with Crippen LogP contribution in [-0.2, 0) is 14.3 Å². The SMILES string of the molecule is CC(Oc1cc(NC(=O)OC(C)(C)C)c(C(O)C(C(=O)O)C(C)NC(=O)OC(C)(C)C)cc1Cl)c1ccccn1. The lowest BCUT2D eigenvalue weighted by molar-refractivity contribution is -0.147. The maximum absolute atomic E-state index is 12.7. The summed E-state index contributed by atoms with van der Waals surface area (Å²) in [5.41, 5.74) is -1.06. The fraction of sp³-hybridized carbons (Fsp3) is 0.500. The summed E-state index contributed by atoms with van der Waals surface area (Å²) in [6, 6.07) is 6.92. The van der Waals surface area contributed by atoms with E-state index in [-0.39, 0.29) is 22.0 Å². The number of hydrogen-bond donors (Lipinski definition) is 4. The van der Waals surface area contributed by atoms with Gasteiger partial charge in [-0.05, 0) is 73.6 Å². The molecule has 2 amide bonds. The Morgan fingerprint density at radius 1 is 0.975 bits per heavy atom. The Balaban J connectivity index is 2.48. The number of carbonyl (C=O) groups is 3. The van der Waals surface area contributed by atoms with Gasteiger partial charge in [-0.15, -0.1) is 0 Å². The summed E-state index contributed by atoms with van der Waals surface area (Å²) in [6.45, 7) is 13.2. The van der Waals surface area contributed by atoms with Crippen molar-refractivity contribution >= 4 is 35.4 Å². The molecule has 2 aromatic rings. The van der Waals surface area contributed by atoms with Crippen LogP contribution in [0.25, 0.3) is 0 Å². The van der Waals surface area contributed by atoms with Crippen LogP contribution in [0.15, 0.2) is 36.5 Å². The number of carboxylic acid groups (broad SMARTS) is 1. The second-order valence-electron chi connectivity index (χ2n) is 11.3. The molecule has 0 radical (unpaired) electrons.